The SMILES string of the molecule is CCNc1ccc(CN(CCO)CC(F)F)cc1[N+](=O)[O-]. The molecule has 1 aromatic carbocycles. The maximum Gasteiger partial charge on any atom is 0.292 e. The lowest BCUT2D eigenvalue weighted by atomic mass is 10.1. The van der Waals surface area contributed by atoms with Crippen LogP contribution in [-0.2, 0) is 6.54 Å². The molecule has 0 spiro atoms. The van der Waals surface area contributed by atoms with Gasteiger partial charge in [0.25, 0.3) is 12.1 Å². The van der Waals surface area contributed by atoms with Gasteiger partial charge in [-0.3, -0.25) is 15.0 Å². The third kappa shape index (κ3) is 5.60. The van der Waals surface area contributed by atoms with E-state index >= 15 is 0 Å². The van der Waals surface area contributed by atoms with Gasteiger partial charge in [-0.15, -0.1) is 0 Å². The number of alkyl halides is 2. The lowest BCUT2D eigenvalue weighted by Gasteiger charge is -2.21. The zero-order chi connectivity index (χ0) is 15.8. The lowest BCUT2D eigenvalue weighted by molar-refractivity contribution is -0.384. The second-order valence-electron chi connectivity index (χ2n) is 4.49. The summed E-state index contributed by atoms with van der Waals surface area (Å²) in [4.78, 5) is 11.9. The fourth-order valence-corrected chi connectivity index (χ4v) is 2.00. The Morgan fingerprint density at radius 1 is 1.48 bits per heavy atom. The monoisotopic (exact) mass is 303 g/mol. The van der Waals surface area contributed by atoms with E-state index in [0.29, 0.717) is 17.8 Å². The Morgan fingerprint density at radius 2 is 2.19 bits per heavy atom. The standard InChI is InChI=1S/C13H19F2N3O3/c1-2-16-11-4-3-10(7-12(11)18(20)21)8-17(5-6-19)9-13(14)15/h3-4,7,13,16,19H,2,5-6,8-9H2,1H3. The number of nitro groups is 1. The van der Waals surface area contributed by atoms with Gasteiger partial charge in [-0.1, -0.05) is 6.07 Å². The molecule has 8 heteroatoms. The number of rotatable bonds is 9. The summed E-state index contributed by atoms with van der Waals surface area (Å²) in [7, 11) is 0. The van der Waals surface area contributed by atoms with Crippen molar-refractivity contribution in [2.45, 2.75) is 19.9 Å². The number of nitrogens with one attached hydrogen (secondary N) is 1. The van der Waals surface area contributed by atoms with Crippen LogP contribution in [-0.4, -0.2) is 47.6 Å². The van der Waals surface area contributed by atoms with Crippen LogP contribution >= 0.6 is 0 Å². The fourth-order valence-electron chi connectivity index (χ4n) is 2.00. The first kappa shape index (κ1) is 17.3. The molecule has 0 aliphatic heterocycles. The summed E-state index contributed by atoms with van der Waals surface area (Å²) in [6.45, 7) is 1.85. The zero-order valence-corrected chi connectivity index (χ0v) is 11.8. The number of benzene rings is 1. The van der Waals surface area contributed by atoms with Crippen LogP contribution in [0.15, 0.2) is 18.2 Å². The number of aliphatic hydroxyl groups is 1. The van der Waals surface area contributed by atoms with Gasteiger partial charge in [0.2, 0.25) is 0 Å². The molecule has 0 bridgehead atoms. The smallest absolute Gasteiger partial charge is 0.292 e. The maximum atomic E-state index is 12.4. The van der Waals surface area contributed by atoms with E-state index in [4.69, 9.17) is 5.11 Å². The molecule has 6 nitrogen and oxygen atoms in total. The van der Waals surface area contributed by atoms with E-state index in [-0.39, 0.29) is 25.4 Å². The summed E-state index contributed by atoms with van der Waals surface area (Å²) in [5, 5.41) is 22.8. The average molecular weight is 303 g/mol. The van der Waals surface area contributed by atoms with Gasteiger partial charge in [-0.05, 0) is 18.6 Å². The molecule has 0 heterocycles. The van der Waals surface area contributed by atoms with E-state index in [9.17, 15) is 18.9 Å². The van der Waals surface area contributed by atoms with E-state index in [1.54, 1.807) is 12.1 Å². The Bertz CT molecular complexity index is 472. The third-order valence-corrected chi connectivity index (χ3v) is 2.84. The van der Waals surface area contributed by atoms with E-state index < -0.39 is 17.9 Å². The summed E-state index contributed by atoms with van der Waals surface area (Å²) in [5.74, 6) is 0. The van der Waals surface area contributed by atoms with Crippen molar-refractivity contribution in [3.63, 3.8) is 0 Å². The van der Waals surface area contributed by atoms with Crippen molar-refractivity contribution in [2.75, 3.05) is 31.6 Å². The van der Waals surface area contributed by atoms with Gasteiger partial charge in [0.1, 0.15) is 5.69 Å². The van der Waals surface area contributed by atoms with Crippen molar-refractivity contribution in [1.29, 1.82) is 0 Å². The molecule has 0 aliphatic rings. The largest absolute Gasteiger partial charge is 0.395 e. The Labute approximate surface area is 121 Å². The Balaban J connectivity index is 2.91. The normalized spacial score (nSPS) is 11.1. The van der Waals surface area contributed by atoms with Crippen molar-refractivity contribution >= 4 is 11.4 Å². The number of nitrogens with zero attached hydrogens (tertiary/aromatic N) is 2. The van der Waals surface area contributed by atoms with E-state index in [1.165, 1.54) is 11.0 Å². The molecule has 0 saturated carbocycles. The predicted molar refractivity (Wildman–Crippen MR) is 75.6 cm³/mol. The minimum atomic E-state index is -2.52. The number of nitro benzene ring substituents is 1. The van der Waals surface area contributed by atoms with Gasteiger partial charge in [0.15, 0.2) is 0 Å². The second kappa shape index (κ2) is 8.48. The highest BCUT2D eigenvalue weighted by Crippen LogP contribution is 2.26. The first-order valence-electron chi connectivity index (χ1n) is 6.60. The molecule has 0 aliphatic carbocycles. The minimum absolute atomic E-state index is 0.0876. The van der Waals surface area contributed by atoms with E-state index in [1.807, 2.05) is 6.92 Å². The van der Waals surface area contributed by atoms with E-state index in [0.717, 1.165) is 0 Å². The Hall–Kier alpha value is -1.80. The molecule has 0 saturated heterocycles. The molecule has 0 aromatic heterocycles. The number of hydrogen-bond donors (Lipinski definition) is 2. The van der Waals surface area contributed by atoms with Crippen LogP contribution in [0.1, 0.15) is 12.5 Å². The summed E-state index contributed by atoms with van der Waals surface area (Å²) in [6, 6.07) is 4.59. The molecule has 0 fully saturated rings. The highest BCUT2D eigenvalue weighted by Gasteiger charge is 2.17. The Morgan fingerprint density at radius 3 is 2.71 bits per heavy atom. The fraction of sp³-hybridized carbons (Fsp3) is 0.538. The molecule has 1 aromatic rings. The average Bonchev–Trinajstić information content (AvgIpc) is 2.40. The summed E-state index contributed by atoms with van der Waals surface area (Å²) < 4.78 is 24.9. The van der Waals surface area contributed by atoms with Crippen LogP contribution < -0.4 is 5.32 Å². The maximum absolute atomic E-state index is 12.4. The van der Waals surface area contributed by atoms with Crippen molar-refractivity contribution in [3.8, 4) is 0 Å². The van der Waals surface area contributed by atoms with Crippen molar-refractivity contribution in [3.05, 3.63) is 33.9 Å². The molecule has 0 unspecified atom stereocenters. The third-order valence-electron chi connectivity index (χ3n) is 2.84. The predicted octanol–water partition coefficient (Wildman–Crippen LogP) is 2.09. The van der Waals surface area contributed by atoms with Gasteiger partial charge in [0, 0.05) is 25.7 Å². The van der Waals surface area contributed by atoms with Gasteiger partial charge in [-0.2, -0.15) is 0 Å². The van der Waals surface area contributed by atoms with Gasteiger partial charge < -0.3 is 10.4 Å². The van der Waals surface area contributed by atoms with Crippen LogP contribution in [0.5, 0.6) is 0 Å². The first-order valence-corrected chi connectivity index (χ1v) is 6.60. The quantitative estimate of drug-likeness (QED) is 0.539. The summed E-state index contributed by atoms with van der Waals surface area (Å²) in [5.41, 5.74) is 0.863. The van der Waals surface area contributed by atoms with E-state index in [2.05, 4.69) is 5.32 Å². The van der Waals surface area contributed by atoms with Crippen LogP contribution in [0, 0.1) is 10.1 Å². The first-order chi connectivity index (χ1) is 9.97. The van der Waals surface area contributed by atoms with Crippen molar-refractivity contribution in [1.82, 2.24) is 4.90 Å². The molecule has 0 amide bonds. The number of aliphatic hydroxyl groups excluding tert-OH is 1. The number of hydrogen-bond acceptors (Lipinski definition) is 5. The summed E-state index contributed by atoms with van der Waals surface area (Å²) >= 11 is 0. The second-order valence-corrected chi connectivity index (χ2v) is 4.49. The van der Waals surface area contributed by atoms with Crippen LogP contribution in [0.4, 0.5) is 20.2 Å². The molecular weight excluding hydrogens is 284 g/mol. The highest BCUT2D eigenvalue weighted by molar-refractivity contribution is 5.62. The highest BCUT2D eigenvalue weighted by atomic mass is 19.3. The molecule has 2 N–H and O–H groups in total. The Kier molecular flexibility index (Phi) is 6.97. The van der Waals surface area contributed by atoms with Gasteiger partial charge in [0.05, 0.1) is 18.1 Å². The van der Waals surface area contributed by atoms with Crippen LogP contribution in [0.2, 0.25) is 0 Å². The van der Waals surface area contributed by atoms with Crippen molar-refractivity contribution in [2.24, 2.45) is 0 Å². The van der Waals surface area contributed by atoms with Gasteiger partial charge in [-0.25, -0.2) is 8.78 Å². The number of halogens is 2. The molecule has 0 radical (unpaired) electrons. The summed E-state index contributed by atoms with van der Waals surface area (Å²) in [6.07, 6.45) is -2.52. The number of anilines is 1. The van der Waals surface area contributed by atoms with Crippen LogP contribution in [0.25, 0.3) is 0 Å². The molecule has 118 valence electrons. The molecular formula is C13H19F2N3O3. The van der Waals surface area contributed by atoms with Gasteiger partial charge >= 0.3 is 0 Å². The van der Waals surface area contributed by atoms with Crippen LogP contribution in [0.3, 0.4) is 0 Å². The molecule has 1 rings (SSSR count). The molecule has 0 atom stereocenters. The van der Waals surface area contributed by atoms with Crippen molar-refractivity contribution < 1.29 is 18.8 Å². The minimum Gasteiger partial charge on any atom is -0.395 e. The zero-order valence-electron chi connectivity index (χ0n) is 11.8. The lowest BCUT2D eigenvalue weighted by Crippen LogP contribution is -2.31. The topological polar surface area (TPSA) is 78.6 Å². The molecule has 21 heavy (non-hydrogen) atoms.